The number of H-pyrrole nitrogens is 1. The molecule has 2 aliphatic heterocycles. The van der Waals surface area contributed by atoms with Crippen LogP contribution < -0.4 is 4.90 Å². The maximum absolute atomic E-state index is 13.4. The zero-order valence-corrected chi connectivity index (χ0v) is 16.8. The van der Waals surface area contributed by atoms with Crippen LogP contribution in [0.3, 0.4) is 0 Å². The van der Waals surface area contributed by atoms with Crippen LogP contribution in [0.15, 0.2) is 24.3 Å². The molecule has 4 rings (SSSR count). The van der Waals surface area contributed by atoms with Crippen LogP contribution >= 0.6 is 0 Å². The third-order valence-corrected chi connectivity index (χ3v) is 6.28. The van der Waals surface area contributed by atoms with Gasteiger partial charge < -0.3 is 14.8 Å². The summed E-state index contributed by atoms with van der Waals surface area (Å²) in [6.07, 6.45) is 1.50. The quantitative estimate of drug-likeness (QED) is 0.816. The van der Waals surface area contributed by atoms with Gasteiger partial charge >= 0.3 is 0 Å². The van der Waals surface area contributed by atoms with Gasteiger partial charge in [0.05, 0.1) is 16.7 Å². The fourth-order valence-corrected chi connectivity index (χ4v) is 4.92. The molecule has 6 nitrogen and oxygen atoms in total. The summed E-state index contributed by atoms with van der Waals surface area (Å²) >= 11 is 0. The fourth-order valence-electron chi connectivity index (χ4n) is 4.92. The van der Waals surface area contributed by atoms with E-state index in [2.05, 4.69) is 4.98 Å². The molecule has 28 heavy (non-hydrogen) atoms. The van der Waals surface area contributed by atoms with Gasteiger partial charge in [0, 0.05) is 38.4 Å². The van der Waals surface area contributed by atoms with Gasteiger partial charge in [-0.05, 0) is 43.9 Å². The molecule has 1 saturated heterocycles. The van der Waals surface area contributed by atoms with Crippen molar-refractivity contribution < 1.29 is 14.4 Å². The number of fused-ring (bicyclic) bond motifs is 2. The van der Waals surface area contributed by atoms with Gasteiger partial charge in [0.1, 0.15) is 0 Å². The van der Waals surface area contributed by atoms with E-state index in [4.69, 9.17) is 0 Å². The highest BCUT2D eigenvalue weighted by Gasteiger charge is 2.52. The molecule has 0 bridgehead atoms. The third-order valence-electron chi connectivity index (χ3n) is 6.28. The van der Waals surface area contributed by atoms with Crippen molar-refractivity contribution in [2.24, 2.45) is 0 Å². The Labute approximate surface area is 164 Å². The van der Waals surface area contributed by atoms with Gasteiger partial charge in [-0.1, -0.05) is 18.2 Å². The van der Waals surface area contributed by atoms with Crippen LogP contribution in [0.4, 0.5) is 5.69 Å². The van der Waals surface area contributed by atoms with E-state index < -0.39 is 5.41 Å². The topological polar surface area (TPSA) is 73.5 Å². The predicted octanol–water partition coefficient (Wildman–Crippen LogP) is 2.98. The molecule has 1 atom stereocenters. The van der Waals surface area contributed by atoms with Crippen LogP contribution in [-0.4, -0.2) is 47.6 Å². The smallest absolute Gasteiger partial charge is 0.256 e. The number of anilines is 1. The van der Waals surface area contributed by atoms with E-state index >= 15 is 0 Å². The Morgan fingerprint density at radius 1 is 1.18 bits per heavy atom. The van der Waals surface area contributed by atoms with Crippen molar-refractivity contribution in [3.8, 4) is 0 Å². The van der Waals surface area contributed by atoms with Crippen molar-refractivity contribution in [2.75, 3.05) is 25.0 Å². The second-order valence-corrected chi connectivity index (χ2v) is 7.97. The number of piperidine rings is 1. The first-order chi connectivity index (χ1) is 13.3. The first-order valence-corrected chi connectivity index (χ1v) is 9.65. The molecule has 1 aromatic heterocycles. The Bertz CT molecular complexity index is 1010. The summed E-state index contributed by atoms with van der Waals surface area (Å²) in [5, 5.41) is 0. The Morgan fingerprint density at radius 2 is 1.89 bits per heavy atom. The molecule has 2 aliphatic rings. The van der Waals surface area contributed by atoms with Gasteiger partial charge in [0.15, 0.2) is 5.78 Å². The molecule has 1 spiro atoms. The molecule has 0 unspecified atom stereocenters. The lowest BCUT2D eigenvalue weighted by atomic mass is 9.75. The predicted molar refractivity (Wildman–Crippen MR) is 107 cm³/mol. The van der Waals surface area contributed by atoms with Crippen molar-refractivity contribution in [1.29, 1.82) is 0 Å². The summed E-state index contributed by atoms with van der Waals surface area (Å²) in [5.41, 5.74) is 3.67. The lowest BCUT2D eigenvalue weighted by Gasteiger charge is -2.39. The van der Waals surface area contributed by atoms with Crippen LogP contribution in [0.25, 0.3) is 0 Å². The Kier molecular flexibility index (Phi) is 4.17. The SMILES string of the molecule is CC(=O)c1[nH]c(C)c(C(=O)N2CCC[C@@]3(C2)C(=O)N(C)c2ccccc23)c1C. The van der Waals surface area contributed by atoms with Crippen LogP contribution in [0, 0.1) is 13.8 Å². The van der Waals surface area contributed by atoms with Crippen LogP contribution in [0.2, 0.25) is 0 Å². The first kappa shape index (κ1) is 18.5. The summed E-state index contributed by atoms with van der Waals surface area (Å²) in [4.78, 5) is 45.0. The molecular formula is C22H25N3O3. The number of amides is 2. The van der Waals surface area contributed by atoms with Crippen molar-refractivity contribution in [3.05, 3.63) is 52.3 Å². The number of benzene rings is 1. The molecular weight excluding hydrogens is 354 g/mol. The fraction of sp³-hybridized carbons (Fsp3) is 0.409. The number of aromatic nitrogens is 1. The zero-order valence-electron chi connectivity index (χ0n) is 16.8. The number of nitrogens with one attached hydrogen (secondary N) is 1. The van der Waals surface area contributed by atoms with Crippen molar-refractivity contribution in [3.63, 3.8) is 0 Å². The number of nitrogens with zero attached hydrogens (tertiary/aromatic N) is 2. The normalized spacial score (nSPS) is 21.4. The maximum Gasteiger partial charge on any atom is 0.256 e. The number of ketones is 1. The number of hydrogen-bond acceptors (Lipinski definition) is 3. The minimum atomic E-state index is -0.680. The van der Waals surface area contributed by atoms with Crippen LogP contribution in [-0.2, 0) is 10.2 Å². The molecule has 2 aromatic rings. The lowest BCUT2D eigenvalue weighted by molar-refractivity contribution is -0.124. The third kappa shape index (κ3) is 2.44. The molecule has 2 amide bonds. The molecule has 0 aliphatic carbocycles. The minimum Gasteiger partial charge on any atom is -0.355 e. The van der Waals surface area contributed by atoms with E-state index in [1.54, 1.807) is 23.8 Å². The summed E-state index contributed by atoms with van der Waals surface area (Å²) in [7, 11) is 1.80. The van der Waals surface area contributed by atoms with Crippen molar-refractivity contribution in [2.45, 2.75) is 39.0 Å². The van der Waals surface area contributed by atoms with E-state index in [9.17, 15) is 14.4 Å². The summed E-state index contributed by atoms with van der Waals surface area (Å²) in [6, 6.07) is 7.85. The Morgan fingerprint density at radius 3 is 2.57 bits per heavy atom. The van der Waals surface area contributed by atoms with Gasteiger partial charge in [-0.15, -0.1) is 0 Å². The van der Waals surface area contributed by atoms with Crippen molar-refractivity contribution >= 4 is 23.3 Å². The first-order valence-electron chi connectivity index (χ1n) is 9.65. The van der Waals surface area contributed by atoms with E-state index in [-0.39, 0.29) is 17.6 Å². The monoisotopic (exact) mass is 379 g/mol. The average Bonchev–Trinajstić information content (AvgIpc) is 3.09. The number of Topliss-reactive ketones (excluding diaryl/α,β-unsaturated/α-hetero) is 1. The number of carbonyl (C=O) groups excluding carboxylic acids is 3. The summed E-state index contributed by atoms with van der Waals surface area (Å²) in [5.74, 6) is -0.146. The number of carbonyl (C=O) groups is 3. The van der Waals surface area contributed by atoms with Gasteiger partial charge in [-0.2, -0.15) is 0 Å². The van der Waals surface area contributed by atoms with Gasteiger partial charge in [0.25, 0.3) is 5.91 Å². The number of para-hydroxylation sites is 1. The highest BCUT2D eigenvalue weighted by atomic mass is 16.2. The molecule has 146 valence electrons. The minimum absolute atomic E-state index is 0.0538. The van der Waals surface area contributed by atoms with Gasteiger partial charge in [0.2, 0.25) is 5.91 Å². The van der Waals surface area contributed by atoms with E-state index in [0.717, 1.165) is 24.1 Å². The Balaban J connectivity index is 1.72. The Hall–Kier alpha value is -2.89. The average molecular weight is 379 g/mol. The molecule has 0 saturated carbocycles. The second-order valence-electron chi connectivity index (χ2n) is 7.97. The van der Waals surface area contributed by atoms with Gasteiger partial charge in [-0.25, -0.2) is 0 Å². The standard InChI is InChI=1S/C22H25N3O3/c1-13-18(14(2)23-19(13)15(3)26)20(27)25-11-7-10-22(12-25)16-8-5-6-9-17(16)24(4)21(22)28/h5-6,8-9,23H,7,10-12H2,1-4H3/t22-/m0/s1. The number of aryl methyl sites for hydroxylation is 1. The summed E-state index contributed by atoms with van der Waals surface area (Å²) in [6.45, 7) is 6.09. The molecule has 1 fully saturated rings. The van der Waals surface area contributed by atoms with E-state index in [0.29, 0.717) is 35.6 Å². The number of aromatic amines is 1. The van der Waals surface area contributed by atoms with Crippen LogP contribution in [0.1, 0.15) is 57.4 Å². The number of hydrogen-bond donors (Lipinski definition) is 1. The van der Waals surface area contributed by atoms with Crippen LogP contribution in [0.5, 0.6) is 0 Å². The number of likely N-dealkylation sites (N-methyl/N-ethyl adjacent to an activating group) is 1. The lowest BCUT2D eigenvalue weighted by Crippen LogP contribution is -2.53. The van der Waals surface area contributed by atoms with Crippen molar-refractivity contribution in [1.82, 2.24) is 9.88 Å². The summed E-state index contributed by atoms with van der Waals surface area (Å²) < 4.78 is 0. The second kappa shape index (κ2) is 6.33. The maximum atomic E-state index is 13.4. The highest BCUT2D eigenvalue weighted by molar-refractivity contribution is 6.09. The van der Waals surface area contributed by atoms with E-state index in [1.807, 2.05) is 31.2 Å². The largest absolute Gasteiger partial charge is 0.355 e. The zero-order chi connectivity index (χ0) is 20.2. The number of rotatable bonds is 2. The highest BCUT2D eigenvalue weighted by Crippen LogP contribution is 2.46. The molecule has 1 N–H and O–H groups in total. The molecule has 6 heteroatoms. The molecule has 3 heterocycles. The molecule has 1 aromatic carbocycles. The molecule has 0 radical (unpaired) electrons. The van der Waals surface area contributed by atoms with E-state index in [1.165, 1.54) is 6.92 Å². The number of likely N-dealkylation sites (tertiary alicyclic amines) is 1. The van der Waals surface area contributed by atoms with Gasteiger partial charge in [-0.3, -0.25) is 14.4 Å².